The molecule has 1 N–H and O–H groups in total. The van der Waals surface area contributed by atoms with E-state index in [1.54, 1.807) is 6.20 Å². The first-order chi connectivity index (χ1) is 15.0. The Morgan fingerprint density at radius 2 is 1.81 bits per heavy atom. The van der Waals surface area contributed by atoms with Crippen molar-refractivity contribution in [2.45, 2.75) is 10.1 Å². The third-order valence-corrected chi connectivity index (χ3v) is 6.22. The second-order valence-electron chi connectivity index (χ2n) is 6.65. The van der Waals surface area contributed by atoms with E-state index in [1.165, 1.54) is 30.0 Å². The zero-order valence-corrected chi connectivity index (χ0v) is 17.6. The topological polar surface area (TPSA) is 85.1 Å². The van der Waals surface area contributed by atoms with Crippen molar-refractivity contribution in [1.82, 2.24) is 4.98 Å². The molecule has 6 nitrogen and oxygen atoms in total. The van der Waals surface area contributed by atoms with Crippen LogP contribution in [-0.2, 0) is 4.79 Å². The molecule has 3 aromatic carbocycles. The zero-order valence-electron chi connectivity index (χ0n) is 16.1. The van der Waals surface area contributed by atoms with E-state index in [4.69, 9.17) is 11.6 Å². The number of amides is 1. The number of anilines is 1. The molecule has 0 radical (unpaired) electrons. The zero-order chi connectivity index (χ0) is 21.8. The fourth-order valence-corrected chi connectivity index (χ4v) is 4.49. The number of benzene rings is 3. The first-order valence-corrected chi connectivity index (χ1v) is 10.6. The number of aromatic nitrogens is 1. The van der Waals surface area contributed by atoms with Gasteiger partial charge in [0.25, 0.3) is 5.69 Å². The lowest BCUT2D eigenvalue weighted by Gasteiger charge is -2.18. The van der Waals surface area contributed by atoms with Gasteiger partial charge in [-0.2, -0.15) is 0 Å². The largest absolute Gasteiger partial charge is 0.323 e. The number of nitro groups is 1. The Balaban J connectivity index is 1.67. The highest BCUT2D eigenvalue weighted by Crippen LogP contribution is 2.39. The number of nitrogens with zero attached hydrogens (tertiary/aromatic N) is 2. The predicted octanol–water partition coefficient (Wildman–Crippen LogP) is 6.27. The summed E-state index contributed by atoms with van der Waals surface area (Å²) in [4.78, 5) is 29.0. The first kappa shape index (κ1) is 20.8. The van der Waals surface area contributed by atoms with Crippen LogP contribution in [-0.4, -0.2) is 15.8 Å². The maximum Gasteiger partial charge on any atom is 0.271 e. The molecule has 4 rings (SSSR count). The lowest BCUT2D eigenvalue weighted by atomic mass is 10.1. The van der Waals surface area contributed by atoms with Crippen molar-refractivity contribution in [3.8, 4) is 0 Å². The highest BCUT2D eigenvalue weighted by molar-refractivity contribution is 8.00. The van der Waals surface area contributed by atoms with Crippen LogP contribution in [0.1, 0.15) is 10.8 Å². The Labute approximate surface area is 187 Å². The van der Waals surface area contributed by atoms with Crippen LogP contribution in [0.25, 0.3) is 10.9 Å². The molecule has 0 saturated carbocycles. The molecule has 1 unspecified atom stereocenters. The maximum absolute atomic E-state index is 13.3. The average Bonchev–Trinajstić information content (AvgIpc) is 2.79. The lowest BCUT2D eigenvalue weighted by molar-refractivity contribution is -0.384. The third kappa shape index (κ3) is 4.68. The molecule has 31 heavy (non-hydrogen) atoms. The van der Waals surface area contributed by atoms with E-state index >= 15 is 0 Å². The molecule has 8 heteroatoms. The Morgan fingerprint density at radius 1 is 1.03 bits per heavy atom. The van der Waals surface area contributed by atoms with Gasteiger partial charge in [0.1, 0.15) is 5.25 Å². The number of fused-ring (bicyclic) bond motifs is 1. The Kier molecular flexibility index (Phi) is 6.16. The fourth-order valence-electron chi connectivity index (χ4n) is 3.12. The Bertz CT molecular complexity index is 1260. The number of hydrogen-bond donors (Lipinski definition) is 1. The molecule has 1 atom stereocenters. The monoisotopic (exact) mass is 449 g/mol. The minimum absolute atomic E-state index is 0.103. The molecule has 0 saturated heterocycles. The van der Waals surface area contributed by atoms with Crippen LogP contribution in [0.15, 0.2) is 90.0 Å². The maximum atomic E-state index is 13.3. The first-order valence-electron chi connectivity index (χ1n) is 9.33. The summed E-state index contributed by atoms with van der Waals surface area (Å²) in [5.74, 6) is -0.292. The van der Waals surface area contributed by atoms with Crippen LogP contribution in [0, 0.1) is 10.1 Å². The molecule has 0 aliphatic heterocycles. The number of rotatable bonds is 6. The molecule has 1 aromatic heterocycles. The number of para-hydroxylation sites is 1. The van der Waals surface area contributed by atoms with E-state index in [2.05, 4.69) is 10.3 Å². The molecule has 1 heterocycles. The second kappa shape index (κ2) is 9.16. The van der Waals surface area contributed by atoms with Crippen molar-refractivity contribution >= 4 is 51.5 Å². The molecular weight excluding hydrogens is 434 g/mol. The van der Waals surface area contributed by atoms with Crippen LogP contribution < -0.4 is 5.32 Å². The molecule has 4 aromatic rings. The number of nitrogens with one attached hydrogen (secondary N) is 1. The standard InChI is InChI=1S/C23H16ClN3O3S/c24-18-14-17(27(29)30)11-12-19(18)26-23(28)22(16-6-2-1-3-7-16)31-20-10-4-8-15-9-5-13-25-21(15)20/h1-14,22H,(H,26,28). The summed E-state index contributed by atoms with van der Waals surface area (Å²) < 4.78 is 0. The van der Waals surface area contributed by atoms with Crippen LogP contribution in [0.4, 0.5) is 11.4 Å². The van der Waals surface area contributed by atoms with Crippen molar-refractivity contribution in [3.63, 3.8) is 0 Å². The van der Waals surface area contributed by atoms with Crippen molar-refractivity contribution < 1.29 is 9.72 Å². The normalized spacial score (nSPS) is 11.8. The van der Waals surface area contributed by atoms with Gasteiger partial charge in [-0.25, -0.2) is 0 Å². The summed E-state index contributed by atoms with van der Waals surface area (Å²) >= 11 is 7.56. The van der Waals surface area contributed by atoms with Gasteiger partial charge >= 0.3 is 0 Å². The SMILES string of the molecule is O=C(Nc1ccc([N+](=O)[O-])cc1Cl)C(Sc1cccc2cccnc12)c1ccccc1. The lowest BCUT2D eigenvalue weighted by Crippen LogP contribution is -2.19. The minimum atomic E-state index is -0.583. The van der Waals surface area contributed by atoms with Crippen LogP contribution in [0.2, 0.25) is 5.02 Å². The van der Waals surface area contributed by atoms with Gasteiger partial charge in [-0.15, -0.1) is 11.8 Å². The quantitative estimate of drug-likeness (QED) is 0.213. The molecule has 1 amide bonds. The summed E-state index contributed by atoms with van der Waals surface area (Å²) in [6.45, 7) is 0. The van der Waals surface area contributed by atoms with E-state index in [0.717, 1.165) is 21.4 Å². The summed E-state index contributed by atoms with van der Waals surface area (Å²) in [6, 6.07) is 23.0. The van der Waals surface area contributed by atoms with E-state index in [9.17, 15) is 14.9 Å². The van der Waals surface area contributed by atoms with Gasteiger partial charge in [0, 0.05) is 28.6 Å². The molecule has 154 valence electrons. The number of nitro benzene ring substituents is 1. The summed E-state index contributed by atoms with van der Waals surface area (Å²) in [7, 11) is 0. The van der Waals surface area contributed by atoms with Crippen molar-refractivity contribution in [1.29, 1.82) is 0 Å². The number of non-ortho nitro benzene ring substituents is 1. The molecule has 0 aliphatic carbocycles. The number of thioether (sulfide) groups is 1. The molecule has 0 aliphatic rings. The number of halogens is 1. The van der Waals surface area contributed by atoms with Gasteiger partial charge in [0.2, 0.25) is 5.91 Å². The smallest absolute Gasteiger partial charge is 0.271 e. The van der Waals surface area contributed by atoms with Crippen LogP contribution in [0.3, 0.4) is 0 Å². The third-order valence-electron chi connectivity index (χ3n) is 4.60. The predicted molar refractivity (Wildman–Crippen MR) is 124 cm³/mol. The van der Waals surface area contributed by atoms with Crippen molar-refractivity contribution in [3.05, 3.63) is 106 Å². The molecule has 0 fully saturated rings. The summed E-state index contributed by atoms with van der Waals surface area (Å²) in [6.07, 6.45) is 1.72. The average molecular weight is 450 g/mol. The van der Waals surface area contributed by atoms with Crippen molar-refractivity contribution in [2.24, 2.45) is 0 Å². The van der Waals surface area contributed by atoms with Gasteiger partial charge in [0.15, 0.2) is 0 Å². The van der Waals surface area contributed by atoms with Gasteiger partial charge in [-0.1, -0.05) is 60.1 Å². The second-order valence-corrected chi connectivity index (χ2v) is 8.20. The minimum Gasteiger partial charge on any atom is -0.323 e. The van der Waals surface area contributed by atoms with Gasteiger partial charge < -0.3 is 5.32 Å². The number of pyridine rings is 1. The highest BCUT2D eigenvalue weighted by Gasteiger charge is 2.24. The Hall–Kier alpha value is -3.42. The van der Waals surface area contributed by atoms with Crippen molar-refractivity contribution in [2.75, 3.05) is 5.32 Å². The molecular formula is C23H16ClN3O3S. The summed E-state index contributed by atoms with van der Waals surface area (Å²) in [5.41, 5.74) is 1.81. The van der Waals surface area contributed by atoms with Crippen LogP contribution in [0.5, 0.6) is 0 Å². The number of carbonyl (C=O) groups is 1. The molecule has 0 spiro atoms. The van der Waals surface area contributed by atoms with E-state index in [1.807, 2.05) is 60.7 Å². The number of hydrogen-bond acceptors (Lipinski definition) is 5. The number of carbonyl (C=O) groups excluding carboxylic acids is 1. The van der Waals surface area contributed by atoms with E-state index < -0.39 is 10.2 Å². The van der Waals surface area contributed by atoms with Crippen LogP contribution >= 0.6 is 23.4 Å². The highest BCUT2D eigenvalue weighted by atomic mass is 35.5. The van der Waals surface area contributed by atoms with Gasteiger partial charge in [-0.3, -0.25) is 19.9 Å². The Morgan fingerprint density at radius 3 is 2.55 bits per heavy atom. The van der Waals surface area contributed by atoms with Gasteiger partial charge in [0.05, 0.1) is 21.2 Å². The molecule has 0 bridgehead atoms. The van der Waals surface area contributed by atoms with E-state index in [0.29, 0.717) is 5.69 Å². The fraction of sp³-hybridized carbons (Fsp3) is 0.0435. The van der Waals surface area contributed by atoms with E-state index in [-0.39, 0.29) is 16.6 Å². The summed E-state index contributed by atoms with van der Waals surface area (Å²) in [5, 5.41) is 14.3. The van der Waals surface area contributed by atoms with Gasteiger partial charge in [-0.05, 0) is 23.8 Å².